The predicted molar refractivity (Wildman–Crippen MR) is 142 cm³/mol. The lowest BCUT2D eigenvalue weighted by molar-refractivity contribution is -0.383. The summed E-state index contributed by atoms with van der Waals surface area (Å²) in [5.74, 6) is 1.36. The third kappa shape index (κ3) is 5.40. The van der Waals surface area contributed by atoms with Crippen molar-refractivity contribution in [2.75, 3.05) is 9.80 Å². The molecule has 0 N–H and O–H groups in total. The molecule has 0 bridgehead atoms. The quantitative estimate of drug-likeness (QED) is 0.188. The van der Waals surface area contributed by atoms with E-state index in [1.54, 1.807) is 46.5 Å². The average Bonchev–Trinajstić information content (AvgIpc) is 2.96. The van der Waals surface area contributed by atoms with Gasteiger partial charge in [-0.3, -0.25) is 10.1 Å². The highest BCUT2D eigenvalue weighted by Gasteiger charge is 2.32. The van der Waals surface area contributed by atoms with Crippen LogP contribution in [-0.2, 0) is 13.1 Å². The maximum Gasteiger partial charge on any atom is 0.354 e. The van der Waals surface area contributed by atoms with E-state index in [1.165, 1.54) is 6.33 Å². The topological polar surface area (TPSA) is 101 Å². The fourth-order valence-corrected chi connectivity index (χ4v) is 4.01. The maximum atomic E-state index is 12.7. The van der Waals surface area contributed by atoms with Gasteiger partial charge in [0.05, 0.1) is 18.0 Å². The maximum absolute atomic E-state index is 12.7. The normalized spacial score (nSPS) is 10.6. The SMILES string of the molecule is O=[N+]([O-])c1c(N(Cc2ccccc2)c2ccccn2)ncnc1N(Cc1ccccc1)c1ccccn1. The molecule has 0 fully saturated rings. The lowest BCUT2D eigenvalue weighted by Crippen LogP contribution is -2.24. The van der Waals surface area contributed by atoms with Crippen LogP contribution in [-0.4, -0.2) is 24.9 Å². The second kappa shape index (κ2) is 11.0. The zero-order valence-electron chi connectivity index (χ0n) is 19.8. The molecule has 0 atom stereocenters. The largest absolute Gasteiger partial charge is 0.354 e. The summed E-state index contributed by atoms with van der Waals surface area (Å²) in [7, 11) is 0. The van der Waals surface area contributed by atoms with E-state index in [2.05, 4.69) is 19.9 Å². The van der Waals surface area contributed by atoms with Crippen molar-refractivity contribution in [3.63, 3.8) is 0 Å². The zero-order chi connectivity index (χ0) is 25.5. The smallest absolute Gasteiger partial charge is 0.301 e. The summed E-state index contributed by atoms with van der Waals surface area (Å²) in [6, 6.07) is 30.3. The Kier molecular flexibility index (Phi) is 7.03. The van der Waals surface area contributed by atoms with E-state index < -0.39 is 4.92 Å². The third-order valence-electron chi connectivity index (χ3n) is 5.70. The van der Waals surface area contributed by atoms with Gasteiger partial charge in [-0.1, -0.05) is 72.8 Å². The summed E-state index contributed by atoms with van der Waals surface area (Å²) in [5.41, 5.74) is 1.67. The molecule has 0 amide bonds. The number of aromatic nitrogens is 4. The van der Waals surface area contributed by atoms with Gasteiger partial charge in [0.25, 0.3) is 0 Å². The Hall–Kier alpha value is -5.18. The summed E-state index contributed by atoms with van der Waals surface area (Å²) in [5, 5.41) is 12.7. The second-order valence-electron chi connectivity index (χ2n) is 8.15. The number of nitrogens with zero attached hydrogens (tertiary/aromatic N) is 7. The molecule has 0 aliphatic heterocycles. The third-order valence-corrected chi connectivity index (χ3v) is 5.70. The molecule has 5 aromatic rings. The lowest BCUT2D eigenvalue weighted by Gasteiger charge is -2.26. The van der Waals surface area contributed by atoms with Crippen LogP contribution in [0.15, 0.2) is 116 Å². The van der Waals surface area contributed by atoms with E-state index >= 15 is 0 Å². The van der Waals surface area contributed by atoms with Crippen LogP contribution in [0.3, 0.4) is 0 Å². The van der Waals surface area contributed by atoms with E-state index in [1.807, 2.05) is 72.8 Å². The van der Waals surface area contributed by atoms with E-state index in [0.29, 0.717) is 24.7 Å². The summed E-state index contributed by atoms with van der Waals surface area (Å²) in [6.07, 6.45) is 4.65. The predicted octanol–water partition coefficient (Wildman–Crippen LogP) is 5.85. The fraction of sp³-hybridized carbons (Fsp3) is 0.0714. The lowest BCUT2D eigenvalue weighted by atomic mass is 10.2. The number of pyridine rings is 2. The Morgan fingerprint density at radius 1 is 0.595 bits per heavy atom. The molecule has 0 aliphatic carbocycles. The number of hydrogen-bond donors (Lipinski definition) is 0. The molecule has 182 valence electrons. The first kappa shape index (κ1) is 23.6. The molecule has 0 unspecified atom stereocenters. The Morgan fingerprint density at radius 3 is 1.41 bits per heavy atom. The van der Waals surface area contributed by atoms with Crippen molar-refractivity contribution in [2.24, 2.45) is 0 Å². The van der Waals surface area contributed by atoms with Gasteiger partial charge < -0.3 is 9.80 Å². The van der Waals surface area contributed by atoms with Crippen LogP contribution in [0.2, 0.25) is 0 Å². The van der Waals surface area contributed by atoms with Crippen LogP contribution in [0, 0.1) is 10.1 Å². The molecule has 3 heterocycles. The Balaban J connectivity index is 1.67. The second-order valence-corrected chi connectivity index (χ2v) is 8.15. The van der Waals surface area contributed by atoms with Gasteiger partial charge in [0.15, 0.2) is 0 Å². The standard InChI is InChI=1S/C28H23N7O2/c36-35(37)26-27(33(24-15-7-9-17-29-24)19-22-11-3-1-4-12-22)31-21-32-28(26)34(25-16-8-10-18-30-25)20-23-13-5-2-6-14-23/h1-18,21H,19-20H2. The summed E-state index contributed by atoms with van der Waals surface area (Å²) in [4.78, 5) is 33.4. The fourth-order valence-electron chi connectivity index (χ4n) is 4.01. The monoisotopic (exact) mass is 489 g/mol. The highest BCUT2D eigenvalue weighted by molar-refractivity contribution is 5.78. The molecule has 0 aliphatic rings. The minimum atomic E-state index is -0.438. The first-order valence-corrected chi connectivity index (χ1v) is 11.6. The van der Waals surface area contributed by atoms with Crippen molar-refractivity contribution in [3.05, 3.63) is 137 Å². The van der Waals surface area contributed by atoms with Crippen LogP contribution in [0.1, 0.15) is 11.1 Å². The molecule has 0 spiro atoms. The Bertz CT molecular complexity index is 1350. The first-order valence-electron chi connectivity index (χ1n) is 11.6. The van der Waals surface area contributed by atoms with Gasteiger partial charge in [0.2, 0.25) is 11.6 Å². The molecule has 5 rings (SSSR count). The van der Waals surface area contributed by atoms with E-state index in [0.717, 1.165) is 11.1 Å². The number of nitro groups is 1. The first-order chi connectivity index (χ1) is 18.2. The van der Waals surface area contributed by atoms with Crippen molar-refractivity contribution < 1.29 is 4.92 Å². The molecule has 9 heteroatoms. The van der Waals surface area contributed by atoms with Gasteiger partial charge in [0.1, 0.15) is 18.0 Å². The molecule has 2 aromatic carbocycles. The van der Waals surface area contributed by atoms with E-state index in [9.17, 15) is 10.1 Å². The van der Waals surface area contributed by atoms with Crippen LogP contribution in [0.5, 0.6) is 0 Å². The molecule has 37 heavy (non-hydrogen) atoms. The number of rotatable bonds is 9. The summed E-state index contributed by atoms with van der Waals surface area (Å²) in [6.45, 7) is 0.662. The van der Waals surface area contributed by atoms with Crippen molar-refractivity contribution in [1.29, 1.82) is 0 Å². The molecule has 0 saturated heterocycles. The molecular formula is C28H23N7O2. The van der Waals surface area contributed by atoms with Crippen LogP contribution in [0.4, 0.5) is 29.0 Å². The van der Waals surface area contributed by atoms with Gasteiger partial charge >= 0.3 is 5.69 Å². The van der Waals surface area contributed by atoms with Crippen LogP contribution in [0.25, 0.3) is 0 Å². The Morgan fingerprint density at radius 2 is 1.03 bits per heavy atom. The highest BCUT2D eigenvalue weighted by Crippen LogP contribution is 2.40. The van der Waals surface area contributed by atoms with E-state index in [-0.39, 0.29) is 17.3 Å². The zero-order valence-corrected chi connectivity index (χ0v) is 19.8. The molecular weight excluding hydrogens is 466 g/mol. The summed E-state index contributed by atoms with van der Waals surface area (Å²) < 4.78 is 0. The minimum absolute atomic E-state index is 0.145. The van der Waals surface area contributed by atoms with Gasteiger partial charge in [-0.15, -0.1) is 0 Å². The average molecular weight is 490 g/mol. The minimum Gasteiger partial charge on any atom is -0.301 e. The van der Waals surface area contributed by atoms with Gasteiger partial charge in [-0.05, 0) is 35.4 Å². The number of hydrogen-bond acceptors (Lipinski definition) is 8. The van der Waals surface area contributed by atoms with Crippen molar-refractivity contribution in [1.82, 2.24) is 19.9 Å². The molecule has 9 nitrogen and oxygen atoms in total. The highest BCUT2D eigenvalue weighted by atomic mass is 16.6. The van der Waals surface area contributed by atoms with Crippen LogP contribution < -0.4 is 9.80 Å². The van der Waals surface area contributed by atoms with Gasteiger partial charge in [-0.25, -0.2) is 19.9 Å². The molecule has 0 radical (unpaired) electrons. The van der Waals surface area contributed by atoms with Crippen molar-refractivity contribution >= 4 is 29.0 Å². The number of benzene rings is 2. The summed E-state index contributed by atoms with van der Waals surface area (Å²) >= 11 is 0. The molecule has 0 saturated carbocycles. The Labute approximate surface area is 213 Å². The number of anilines is 4. The van der Waals surface area contributed by atoms with Crippen molar-refractivity contribution in [2.45, 2.75) is 13.1 Å². The van der Waals surface area contributed by atoms with Gasteiger partial charge in [-0.2, -0.15) is 0 Å². The van der Waals surface area contributed by atoms with E-state index in [4.69, 9.17) is 0 Å². The van der Waals surface area contributed by atoms with Gasteiger partial charge in [0, 0.05) is 12.4 Å². The van der Waals surface area contributed by atoms with Crippen LogP contribution >= 0.6 is 0 Å². The molecule has 3 aromatic heterocycles. The van der Waals surface area contributed by atoms with Crippen molar-refractivity contribution in [3.8, 4) is 0 Å².